The zero-order chi connectivity index (χ0) is 13.4. The van der Waals surface area contributed by atoms with Crippen LogP contribution in [0.2, 0.25) is 0 Å². The molecule has 0 aliphatic carbocycles. The highest BCUT2D eigenvalue weighted by atomic mass is 127. The van der Waals surface area contributed by atoms with Gasteiger partial charge in [0, 0.05) is 17.9 Å². The van der Waals surface area contributed by atoms with E-state index in [-0.39, 0.29) is 5.82 Å². The Morgan fingerprint density at radius 2 is 2.32 bits per heavy atom. The van der Waals surface area contributed by atoms with Crippen molar-refractivity contribution in [2.45, 2.75) is 31.1 Å². The molecule has 2 aromatic rings. The number of nitrogens with zero attached hydrogens (tertiary/aromatic N) is 2. The maximum atomic E-state index is 13.7. The van der Waals surface area contributed by atoms with Crippen LogP contribution < -0.4 is 5.73 Å². The van der Waals surface area contributed by atoms with Crippen molar-refractivity contribution in [2.24, 2.45) is 0 Å². The van der Waals surface area contributed by atoms with Crippen molar-refractivity contribution >= 4 is 51.3 Å². The highest BCUT2D eigenvalue weighted by Crippen LogP contribution is 2.29. The lowest BCUT2D eigenvalue weighted by atomic mass is 10.2. The second kappa shape index (κ2) is 5.47. The molecule has 0 bridgehead atoms. The third kappa shape index (κ3) is 2.69. The van der Waals surface area contributed by atoms with Gasteiger partial charge in [0.1, 0.15) is 5.82 Å². The first-order chi connectivity index (χ1) is 9.15. The van der Waals surface area contributed by atoms with E-state index < -0.39 is 0 Å². The molecule has 0 amide bonds. The minimum absolute atomic E-state index is 0.203. The fourth-order valence-corrected chi connectivity index (χ4v) is 4.23. The first-order valence-electron chi connectivity index (χ1n) is 6.37. The van der Waals surface area contributed by atoms with E-state index in [1.54, 1.807) is 12.1 Å². The molecule has 3 rings (SSSR count). The average molecular weight is 391 g/mol. The molecule has 1 unspecified atom stereocenters. The Morgan fingerprint density at radius 3 is 3.05 bits per heavy atom. The summed E-state index contributed by atoms with van der Waals surface area (Å²) in [5, 5.41) is 0.566. The van der Waals surface area contributed by atoms with Crippen molar-refractivity contribution < 1.29 is 4.39 Å². The number of halogens is 2. The van der Waals surface area contributed by atoms with Crippen molar-refractivity contribution in [2.75, 3.05) is 11.5 Å². The summed E-state index contributed by atoms with van der Waals surface area (Å²) in [6.45, 7) is 0.826. The van der Waals surface area contributed by atoms with Crippen LogP contribution in [0.25, 0.3) is 11.0 Å². The predicted octanol–water partition coefficient (Wildman–Crippen LogP) is 3.65. The first-order valence-corrected chi connectivity index (χ1v) is 8.50. The number of thioether (sulfide) groups is 1. The van der Waals surface area contributed by atoms with Gasteiger partial charge in [-0.3, -0.25) is 0 Å². The van der Waals surface area contributed by atoms with Gasteiger partial charge in [-0.05, 0) is 47.3 Å². The molecule has 3 nitrogen and oxygen atoms in total. The van der Waals surface area contributed by atoms with Crippen LogP contribution in [-0.2, 0) is 6.54 Å². The number of rotatable bonds is 2. The molecule has 0 radical (unpaired) electrons. The van der Waals surface area contributed by atoms with Gasteiger partial charge >= 0.3 is 0 Å². The molecule has 2 N–H and O–H groups in total. The van der Waals surface area contributed by atoms with Crippen LogP contribution >= 0.6 is 34.4 Å². The number of hydrogen-bond donors (Lipinski definition) is 1. The lowest BCUT2D eigenvalue weighted by Gasteiger charge is -2.22. The number of anilines is 1. The van der Waals surface area contributed by atoms with Crippen molar-refractivity contribution in [3.05, 3.63) is 21.5 Å². The number of nitrogens with two attached hydrogens (primary N) is 1. The quantitative estimate of drug-likeness (QED) is 0.795. The number of nitrogen functional groups attached to an aromatic ring is 1. The van der Waals surface area contributed by atoms with E-state index in [4.69, 9.17) is 5.73 Å². The van der Waals surface area contributed by atoms with Gasteiger partial charge in [-0.15, -0.1) is 0 Å². The Hall–Kier alpha value is -0.500. The van der Waals surface area contributed by atoms with E-state index in [0.717, 1.165) is 17.6 Å². The van der Waals surface area contributed by atoms with Crippen LogP contribution in [0.3, 0.4) is 0 Å². The SMILES string of the molecule is Nc1nc2cc(I)c(F)cc2n1CC1CCCCS1. The molecule has 1 fully saturated rings. The first kappa shape index (κ1) is 13.5. The predicted molar refractivity (Wildman–Crippen MR) is 86.9 cm³/mol. The Balaban J connectivity index is 1.97. The number of aromatic nitrogens is 2. The molecule has 1 atom stereocenters. The van der Waals surface area contributed by atoms with Gasteiger partial charge in [0.2, 0.25) is 5.95 Å². The van der Waals surface area contributed by atoms with Crippen LogP contribution in [0.1, 0.15) is 19.3 Å². The Bertz CT molecular complexity index is 607. The second-order valence-corrected chi connectivity index (χ2v) is 7.39. The van der Waals surface area contributed by atoms with E-state index in [1.165, 1.54) is 25.0 Å². The fraction of sp³-hybridized carbons (Fsp3) is 0.462. The maximum absolute atomic E-state index is 13.7. The Morgan fingerprint density at radius 1 is 1.47 bits per heavy atom. The minimum atomic E-state index is -0.203. The third-order valence-corrected chi connectivity index (χ3v) is 5.69. The summed E-state index contributed by atoms with van der Waals surface area (Å²) < 4.78 is 16.3. The van der Waals surface area contributed by atoms with Gasteiger partial charge in [-0.1, -0.05) is 6.42 Å². The summed E-state index contributed by atoms with van der Waals surface area (Å²) >= 11 is 3.97. The van der Waals surface area contributed by atoms with E-state index in [2.05, 4.69) is 4.98 Å². The van der Waals surface area contributed by atoms with Crippen molar-refractivity contribution in [1.82, 2.24) is 9.55 Å². The normalized spacial score (nSPS) is 20.0. The molecule has 1 aliphatic heterocycles. The van der Waals surface area contributed by atoms with E-state index >= 15 is 0 Å². The summed E-state index contributed by atoms with van der Waals surface area (Å²) in [6, 6.07) is 3.31. The smallest absolute Gasteiger partial charge is 0.201 e. The molecule has 102 valence electrons. The summed E-state index contributed by atoms with van der Waals surface area (Å²) in [7, 11) is 0. The maximum Gasteiger partial charge on any atom is 0.201 e. The Labute approximate surface area is 129 Å². The van der Waals surface area contributed by atoms with Crippen LogP contribution in [0.4, 0.5) is 10.3 Å². The number of imidazole rings is 1. The van der Waals surface area contributed by atoms with Gasteiger partial charge in [0.25, 0.3) is 0 Å². The molecule has 1 aliphatic rings. The molecule has 1 saturated heterocycles. The zero-order valence-corrected chi connectivity index (χ0v) is 13.4. The second-order valence-electron chi connectivity index (χ2n) is 4.82. The topological polar surface area (TPSA) is 43.8 Å². The highest BCUT2D eigenvalue weighted by molar-refractivity contribution is 14.1. The van der Waals surface area contributed by atoms with Gasteiger partial charge in [-0.2, -0.15) is 11.8 Å². The van der Waals surface area contributed by atoms with Crippen LogP contribution in [0.15, 0.2) is 12.1 Å². The van der Waals surface area contributed by atoms with Gasteiger partial charge in [0.05, 0.1) is 14.6 Å². The number of hydrogen-bond acceptors (Lipinski definition) is 3. The van der Waals surface area contributed by atoms with E-state index in [9.17, 15) is 4.39 Å². The molecule has 0 spiro atoms. The van der Waals surface area contributed by atoms with Crippen LogP contribution in [-0.4, -0.2) is 20.6 Å². The monoisotopic (exact) mass is 391 g/mol. The van der Waals surface area contributed by atoms with Crippen molar-refractivity contribution in [3.8, 4) is 0 Å². The molecule has 0 saturated carbocycles. The molecule has 19 heavy (non-hydrogen) atoms. The largest absolute Gasteiger partial charge is 0.369 e. The van der Waals surface area contributed by atoms with E-state index in [0.29, 0.717) is 14.8 Å². The highest BCUT2D eigenvalue weighted by Gasteiger charge is 2.18. The minimum Gasteiger partial charge on any atom is -0.369 e. The Kier molecular flexibility index (Phi) is 3.88. The fourth-order valence-electron chi connectivity index (χ4n) is 2.49. The van der Waals surface area contributed by atoms with Crippen molar-refractivity contribution in [3.63, 3.8) is 0 Å². The van der Waals surface area contributed by atoms with Crippen molar-refractivity contribution in [1.29, 1.82) is 0 Å². The zero-order valence-electron chi connectivity index (χ0n) is 10.4. The summed E-state index contributed by atoms with van der Waals surface area (Å²) in [5.41, 5.74) is 7.58. The molecular formula is C13H15FIN3S. The van der Waals surface area contributed by atoms with Gasteiger partial charge in [0.15, 0.2) is 0 Å². The van der Waals surface area contributed by atoms with Gasteiger partial charge in [-0.25, -0.2) is 9.37 Å². The molecule has 1 aromatic carbocycles. The lowest BCUT2D eigenvalue weighted by Crippen LogP contribution is -2.18. The van der Waals surface area contributed by atoms with Gasteiger partial charge < -0.3 is 10.3 Å². The third-order valence-electron chi connectivity index (χ3n) is 3.48. The molecular weight excluding hydrogens is 376 g/mol. The van der Waals surface area contributed by atoms with E-state index in [1.807, 2.05) is 38.9 Å². The summed E-state index contributed by atoms with van der Waals surface area (Å²) in [5.74, 6) is 1.50. The molecule has 6 heteroatoms. The lowest BCUT2D eigenvalue weighted by molar-refractivity contribution is 0.592. The number of benzene rings is 1. The summed E-state index contributed by atoms with van der Waals surface area (Å²) in [6.07, 6.45) is 3.78. The van der Waals surface area contributed by atoms with Crippen LogP contribution in [0, 0.1) is 9.39 Å². The molecule has 2 heterocycles. The number of fused-ring (bicyclic) bond motifs is 1. The standard InChI is InChI=1S/C13H15FIN3S/c14-9-5-12-11(6-10(9)15)17-13(16)18(12)7-8-3-1-2-4-19-8/h5-6,8H,1-4,7H2,(H2,16,17). The molecule has 1 aromatic heterocycles. The van der Waals surface area contributed by atoms with Crippen LogP contribution in [0.5, 0.6) is 0 Å². The average Bonchev–Trinajstić information content (AvgIpc) is 2.68. The summed E-state index contributed by atoms with van der Waals surface area (Å²) in [4.78, 5) is 4.34.